The number of hydrogen-bond donors (Lipinski definition) is 2. The van der Waals surface area contributed by atoms with E-state index in [1.165, 1.54) is 30.6 Å². The fourth-order valence-electron chi connectivity index (χ4n) is 4.63. The molecule has 7 nitrogen and oxygen atoms in total. The number of anilines is 1. The molecule has 1 amide bonds. The monoisotopic (exact) mass is 429 g/mol. The molecule has 2 aliphatic carbocycles. The molecule has 0 saturated heterocycles. The summed E-state index contributed by atoms with van der Waals surface area (Å²) in [6.45, 7) is 0.697. The predicted octanol–water partition coefficient (Wildman–Crippen LogP) is 3.64. The number of aromatic nitrogens is 2. The van der Waals surface area contributed by atoms with E-state index in [-0.39, 0.29) is 17.5 Å². The molecule has 8 heteroatoms. The zero-order valence-electron chi connectivity index (χ0n) is 17.0. The van der Waals surface area contributed by atoms with Crippen LogP contribution in [0.4, 0.5) is 5.13 Å². The number of thiazole rings is 1. The van der Waals surface area contributed by atoms with Crippen molar-refractivity contribution in [3.63, 3.8) is 0 Å². The van der Waals surface area contributed by atoms with Gasteiger partial charge in [-0.25, -0.2) is 4.98 Å². The Hall–Kier alpha value is -2.48. The van der Waals surface area contributed by atoms with E-state index in [1.54, 1.807) is 11.4 Å². The van der Waals surface area contributed by atoms with Crippen LogP contribution >= 0.6 is 11.3 Å². The molecule has 0 spiro atoms. The first-order chi connectivity index (χ1) is 14.5. The second-order valence-electron chi connectivity index (χ2n) is 8.33. The van der Waals surface area contributed by atoms with Gasteiger partial charge in [0.05, 0.1) is 12.1 Å². The average Bonchev–Trinajstić information content (AvgIpc) is 3.16. The molecule has 1 saturated carbocycles. The predicted molar refractivity (Wildman–Crippen MR) is 115 cm³/mol. The van der Waals surface area contributed by atoms with E-state index >= 15 is 0 Å². The summed E-state index contributed by atoms with van der Waals surface area (Å²) < 4.78 is 1.87. The molecule has 0 aliphatic heterocycles. The van der Waals surface area contributed by atoms with Crippen LogP contribution < -0.4 is 10.9 Å². The van der Waals surface area contributed by atoms with Crippen molar-refractivity contribution in [2.45, 2.75) is 70.8 Å². The molecular formula is C22H27N3O4S. The van der Waals surface area contributed by atoms with E-state index in [2.05, 4.69) is 10.3 Å². The normalized spacial score (nSPS) is 16.8. The van der Waals surface area contributed by atoms with Crippen LogP contribution in [0.25, 0.3) is 0 Å². The number of hydrogen-bond acceptors (Lipinski definition) is 5. The zero-order valence-corrected chi connectivity index (χ0v) is 17.8. The van der Waals surface area contributed by atoms with Crippen molar-refractivity contribution in [3.8, 4) is 0 Å². The second-order valence-corrected chi connectivity index (χ2v) is 9.18. The molecule has 30 heavy (non-hydrogen) atoms. The summed E-state index contributed by atoms with van der Waals surface area (Å²) in [7, 11) is 0. The van der Waals surface area contributed by atoms with Gasteiger partial charge in [-0.3, -0.25) is 19.7 Å². The van der Waals surface area contributed by atoms with E-state index in [0.717, 1.165) is 49.8 Å². The van der Waals surface area contributed by atoms with Crippen LogP contribution in [0.5, 0.6) is 0 Å². The molecule has 0 radical (unpaired) electrons. The number of carboxylic acid groups (broad SMARTS) is 1. The zero-order chi connectivity index (χ0) is 21.1. The van der Waals surface area contributed by atoms with Crippen LogP contribution in [0, 0.1) is 5.92 Å². The molecule has 1 fully saturated rings. The van der Waals surface area contributed by atoms with Crippen molar-refractivity contribution in [1.29, 1.82) is 0 Å². The minimum absolute atomic E-state index is 0.154. The number of pyridine rings is 1. The Balaban J connectivity index is 1.61. The quantitative estimate of drug-likeness (QED) is 0.730. The number of amides is 1. The molecule has 0 unspecified atom stereocenters. The lowest BCUT2D eigenvalue weighted by atomic mass is 9.88. The van der Waals surface area contributed by atoms with Gasteiger partial charge in [0.25, 0.3) is 11.5 Å². The lowest BCUT2D eigenvalue weighted by Crippen LogP contribution is -2.35. The van der Waals surface area contributed by atoms with Crippen LogP contribution in [-0.4, -0.2) is 26.5 Å². The van der Waals surface area contributed by atoms with Crippen molar-refractivity contribution in [3.05, 3.63) is 44.3 Å². The number of carboxylic acids is 1. The highest BCUT2D eigenvalue weighted by Gasteiger charge is 2.24. The van der Waals surface area contributed by atoms with Gasteiger partial charge < -0.3 is 9.67 Å². The Morgan fingerprint density at radius 3 is 2.70 bits per heavy atom. The van der Waals surface area contributed by atoms with Gasteiger partial charge in [-0.05, 0) is 56.1 Å². The summed E-state index contributed by atoms with van der Waals surface area (Å²) in [6.07, 6.45) is 9.71. The third kappa shape index (κ3) is 4.64. The molecule has 160 valence electrons. The van der Waals surface area contributed by atoms with E-state index in [1.807, 2.05) is 4.57 Å². The van der Waals surface area contributed by atoms with Gasteiger partial charge in [-0.1, -0.05) is 19.3 Å². The molecule has 2 N–H and O–H groups in total. The standard InChI is InChI=1S/C22H27N3O4S/c26-19(27)11-16-13-30-22(23-16)24-20(28)17-10-15-8-4-5-9-18(15)25(21(17)29)12-14-6-2-1-3-7-14/h10,13-14H,1-9,11-12H2,(H,26,27)(H,23,24,28). The number of aryl methyl sites for hydroxylation is 1. The summed E-state index contributed by atoms with van der Waals surface area (Å²) in [4.78, 5) is 41.2. The van der Waals surface area contributed by atoms with Gasteiger partial charge in [0.1, 0.15) is 5.56 Å². The van der Waals surface area contributed by atoms with E-state index in [0.29, 0.717) is 23.3 Å². The van der Waals surface area contributed by atoms with E-state index in [9.17, 15) is 14.4 Å². The molecule has 0 bridgehead atoms. The van der Waals surface area contributed by atoms with Crippen LogP contribution in [0.15, 0.2) is 16.2 Å². The van der Waals surface area contributed by atoms with Crippen LogP contribution in [-0.2, 0) is 30.6 Å². The lowest BCUT2D eigenvalue weighted by molar-refractivity contribution is -0.136. The van der Waals surface area contributed by atoms with Crippen molar-refractivity contribution >= 4 is 28.3 Å². The maximum atomic E-state index is 13.3. The van der Waals surface area contributed by atoms with Crippen LogP contribution in [0.1, 0.15) is 72.3 Å². The third-order valence-corrected chi connectivity index (χ3v) is 6.92. The molecule has 2 heterocycles. The van der Waals surface area contributed by atoms with Gasteiger partial charge in [-0.15, -0.1) is 11.3 Å². The maximum absolute atomic E-state index is 13.3. The minimum atomic E-state index is -0.974. The smallest absolute Gasteiger partial charge is 0.309 e. The summed E-state index contributed by atoms with van der Waals surface area (Å²) in [5, 5.41) is 13.5. The molecular weight excluding hydrogens is 402 g/mol. The maximum Gasteiger partial charge on any atom is 0.309 e. The van der Waals surface area contributed by atoms with Crippen LogP contribution in [0.2, 0.25) is 0 Å². The Kier molecular flexibility index (Phi) is 6.32. The average molecular weight is 430 g/mol. The molecule has 2 aromatic heterocycles. The summed E-state index contributed by atoms with van der Waals surface area (Å²) in [5.74, 6) is -0.946. The number of carbonyl (C=O) groups is 2. The molecule has 4 rings (SSSR count). The van der Waals surface area contributed by atoms with Crippen molar-refractivity contribution in [2.75, 3.05) is 5.32 Å². The summed E-state index contributed by atoms with van der Waals surface area (Å²) in [6, 6.07) is 1.76. The van der Waals surface area contributed by atoms with Gasteiger partial charge >= 0.3 is 5.97 Å². The largest absolute Gasteiger partial charge is 0.481 e. The van der Waals surface area contributed by atoms with Gasteiger partial charge in [0.2, 0.25) is 0 Å². The molecule has 2 aliphatic rings. The first-order valence-electron chi connectivity index (χ1n) is 10.7. The molecule has 0 atom stereocenters. The third-order valence-electron chi connectivity index (χ3n) is 6.12. The van der Waals surface area contributed by atoms with Crippen molar-refractivity contribution < 1.29 is 14.7 Å². The van der Waals surface area contributed by atoms with Gasteiger partial charge in [0, 0.05) is 17.6 Å². The Morgan fingerprint density at radius 2 is 1.93 bits per heavy atom. The first-order valence-corrected chi connectivity index (χ1v) is 11.6. The highest BCUT2D eigenvalue weighted by molar-refractivity contribution is 7.14. The number of aliphatic carboxylic acids is 1. The van der Waals surface area contributed by atoms with Gasteiger partial charge in [-0.2, -0.15) is 0 Å². The topological polar surface area (TPSA) is 101 Å². The first kappa shape index (κ1) is 20.8. The lowest BCUT2D eigenvalue weighted by Gasteiger charge is -2.27. The minimum Gasteiger partial charge on any atom is -0.481 e. The van der Waals surface area contributed by atoms with E-state index < -0.39 is 11.9 Å². The Labute approximate surface area is 179 Å². The molecule has 0 aromatic carbocycles. The summed E-state index contributed by atoms with van der Waals surface area (Å²) in [5.41, 5.74) is 2.53. The highest BCUT2D eigenvalue weighted by atomic mass is 32.1. The summed E-state index contributed by atoms with van der Waals surface area (Å²) >= 11 is 1.17. The molecule has 2 aromatic rings. The second kappa shape index (κ2) is 9.12. The van der Waals surface area contributed by atoms with Crippen molar-refractivity contribution in [1.82, 2.24) is 9.55 Å². The van der Waals surface area contributed by atoms with Gasteiger partial charge in [0.15, 0.2) is 5.13 Å². The SMILES string of the molecule is O=C(O)Cc1csc(NC(=O)c2cc3c(n(CC4CCCCC4)c2=O)CCCC3)n1. The Bertz CT molecular complexity index is 1000. The number of rotatable bonds is 6. The fraction of sp³-hybridized carbons (Fsp3) is 0.545. The number of nitrogens with one attached hydrogen (secondary N) is 1. The Morgan fingerprint density at radius 1 is 1.17 bits per heavy atom. The van der Waals surface area contributed by atoms with E-state index in [4.69, 9.17) is 5.11 Å². The van der Waals surface area contributed by atoms with Crippen LogP contribution in [0.3, 0.4) is 0 Å². The number of nitrogens with zero attached hydrogens (tertiary/aromatic N) is 2. The fourth-order valence-corrected chi connectivity index (χ4v) is 5.33. The number of carbonyl (C=O) groups excluding carboxylic acids is 1. The van der Waals surface area contributed by atoms with Crippen molar-refractivity contribution in [2.24, 2.45) is 5.92 Å². The highest BCUT2D eigenvalue weighted by Crippen LogP contribution is 2.27. The number of fused-ring (bicyclic) bond motifs is 1.